The van der Waals surface area contributed by atoms with Crippen molar-refractivity contribution in [2.24, 2.45) is 0 Å². The second-order valence-corrected chi connectivity index (χ2v) is 3.15. The molecule has 2 N–H and O–H groups in total. The Morgan fingerprint density at radius 2 is 1.80 bits per heavy atom. The minimum Gasteiger partial charge on any atom is -0.386 e. The van der Waals surface area contributed by atoms with Crippen LogP contribution in [0, 0.1) is 0 Å². The quantitative estimate of drug-likeness (QED) is 0.568. The largest absolute Gasteiger partial charge is 0.386 e. The van der Waals surface area contributed by atoms with Crippen molar-refractivity contribution in [3.05, 3.63) is 0 Å². The van der Waals surface area contributed by atoms with Gasteiger partial charge in [0.25, 0.3) is 16.5 Å². The van der Waals surface area contributed by atoms with Crippen molar-refractivity contribution in [2.45, 2.75) is 12.5 Å². The summed E-state index contributed by atoms with van der Waals surface area (Å²) in [6.45, 7) is 0. The fraction of sp³-hybridized carbons (Fsp3) is 1.00. The molecule has 1 atom stereocenters. The molecule has 0 aliphatic rings. The maximum atomic E-state index is 11.3. The number of halogens is 2. The molecule has 0 fully saturated rings. The average Bonchev–Trinajstić information content (AvgIpc) is 1.60. The first kappa shape index (κ1) is 9.73. The smallest absolute Gasteiger partial charge is 0.267 e. The van der Waals surface area contributed by atoms with Gasteiger partial charge in [-0.3, -0.25) is 4.55 Å². The molecule has 0 aromatic heterocycles. The Balaban J connectivity index is 3.93. The van der Waals surface area contributed by atoms with E-state index in [4.69, 9.17) is 9.66 Å². The van der Waals surface area contributed by atoms with Crippen LogP contribution in [-0.4, -0.2) is 36.4 Å². The fourth-order valence-corrected chi connectivity index (χ4v) is 0.866. The van der Waals surface area contributed by atoms with Crippen LogP contribution >= 0.6 is 0 Å². The highest BCUT2D eigenvalue weighted by atomic mass is 32.2. The Kier molecular flexibility index (Phi) is 3.13. The van der Waals surface area contributed by atoms with Crippen LogP contribution in [0.4, 0.5) is 8.78 Å². The van der Waals surface area contributed by atoms with Crippen molar-refractivity contribution in [3.63, 3.8) is 0 Å². The van der Waals surface area contributed by atoms with E-state index in [0.717, 1.165) is 0 Å². The molecule has 0 saturated heterocycles. The first-order valence-corrected chi connectivity index (χ1v) is 3.85. The van der Waals surface area contributed by atoms with Crippen LogP contribution in [0.5, 0.6) is 0 Å². The van der Waals surface area contributed by atoms with E-state index in [1.54, 1.807) is 0 Å². The molecule has 0 saturated carbocycles. The zero-order valence-corrected chi connectivity index (χ0v) is 5.55. The third kappa shape index (κ3) is 4.59. The molecule has 1 unspecified atom stereocenters. The van der Waals surface area contributed by atoms with E-state index in [1.165, 1.54) is 0 Å². The highest BCUT2D eigenvalue weighted by Gasteiger charge is 2.22. The second-order valence-electron chi connectivity index (χ2n) is 1.65. The SMILES string of the molecule is O=S(=O)(O)CC(O)C(F)F. The Morgan fingerprint density at radius 3 is 1.90 bits per heavy atom. The first-order valence-electron chi connectivity index (χ1n) is 2.24. The molecule has 10 heavy (non-hydrogen) atoms. The van der Waals surface area contributed by atoms with Gasteiger partial charge in [0, 0.05) is 0 Å². The lowest BCUT2D eigenvalue weighted by molar-refractivity contribution is 0.00835. The van der Waals surface area contributed by atoms with Crippen molar-refractivity contribution in [3.8, 4) is 0 Å². The molecule has 0 spiro atoms. The van der Waals surface area contributed by atoms with E-state index in [0.29, 0.717) is 0 Å². The van der Waals surface area contributed by atoms with Crippen LogP contribution in [0.1, 0.15) is 0 Å². The van der Waals surface area contributed by atoms with Gasteiger partial charge in [-0.2, -0.15) is 8.42 Å². The van der Waals surface area contributed by atoms with Gasteiger partial charge in [-0.1, -0.05) is 0 Å². The van der Waals surface area contributed by atoms with Crippen LogP contribution < -0.4 is 0 Å². The summed E-state index contributed by atoms with van der Waals surface area (Å²) < 4.78 is 50.2. The first-order chi connectivity index (χ1) is 4.33. The van der Waals surface area contributed by atoms with E-state index in [9.17, 15) is 17.2 Å². The number of hydrogen-bond donors (Lipinski definition) is 2. The van der Waals surface area contributed by atoms with Crippen molar-refractivity contribution < 1.29 is 26.9 Å². The van der Waals surface area contributed by atoms with E-state index in [2.05, 4.69) is 0 Å². The standard InChI is InChI=1S/C3H6F2O4S/c4-3(5)2(6)1-10(7,8)9/h2-3,6H,1H2,(H,7,8,9). The Labute approximate surface area is 56.2 Å². The van der Waals surface area contributed by atoms with Gasteiger partial charge < -0.3 is 5.11 Å². The fourth-order valence-electron chi connectivity index (χ4n) is 0.289. The zero-order chi connectivity index (χ0) is 8.36. The Hall–Kier alpha value is -0.270. The topological polar surface area (TPSA) is 74.6 Å². The predicted octanol–water partition coefficient (Wildman–Crippen LogP) is -0.500. The summed E-state index contributed by atoms with van der Waals surface area (Å²) in [5.74, 6) is -1.33. The number of hydrogen-bond acceptors (Lipinski definition) is 3. The van der Waals surface area contributed by atoms with Gasteiger partial charge in [-0.05, 0) is 0 Å². The maximum Gasteiger partial charge on any atom is 0.267 e. The van der Waals surface area contributed by atoms with Crippen LogP contribution in [-0.2, 0) is 10.1 Å². The molecule has 4 nitrogen and oxygen atoms in total. The van der Waals surface area contributed by atoms with Crippen LogP contribution in [0.15, 0.2) is 0 Å². The summed E-state index contributed by atoms with van der Waals surface area (Å²) in [6.07, 6.45) is -5.46. The normalized spacial score (nSPS) is 15.7. The number of alkyl halides is 2. The molecule has 62 valence electrons. The zero-order valence-electron chi connectivity index (χ0n) is 4.74. The summed E-state index contributed by atoms with van der Waals surface area (Å²) in [7, 11) is -4.50. The van der Waals surface area contributed by atoms with E-state index < -0.39 is 28.4 Å². The lowest BCUT2D eigenvalue weighted by atomic mass is 10.4. The summed E-state index contributed by atoms with van der Waals surface area (Å²) in [4.78, 5) is 0. The summed E-state index contributed by atoms with van der Waals surface area (Å²) >= 11 is 0. The van der Waals surface area contributed by atoms with Crippen molar-refractivity contribution in [1.82, 2.24) is 0 Å². The van der Waals surface area contributed by atoms with Crippen molar-refractivity contribution >= 4 is 10.1 Å². The van der Waals surface area contributed by atoms with Gasteiger partial charge in [0.05, 0.1) is 0 Å². The molecule has 0 rings (SSSR count). The molecule has 0 amide bonds. The summed E-state index contributed by atoms with van der Waals surface area (Å²) in [5.41, 5.74) is 0. The van der Waals surface area contributed by atoms with Gasteiger partial charge in [0.15, 0.2) is 0 Å². The summed E-state index contributed by atoms with van der Waals surface area (Å²) in [6, 6.07) is 0. The molecule has 0 bridgehead atoms. The van der Waals surface area contributed by atoms with E-state index in [1.807, 2.05) is 0 Å². The van der Waals surface area contributed by atoms with Gasteiger partial charge in [-0.15, -0.1) is 0 Å². The highest BCUT2D eigenvalue weighted by molar-refractivity contribution is 7.85. The minimum atomic E-state index is -4.50. The molecule has 7 heteroatoms. The molecule has 0 aromatic carbocycles. The Bertz CT molecular complexity index is 187. The van der Waals surface area contributed by atoms with Crippen molar-refractivity contribution in [1.29, 1.82) is 0 Å². The van der Waals surface area contributed by atoms with Gasteiger partial charge >= 0.3 is 0 Å². The van der Waals surface area contributed by atoms with Crippen LogP contribution in [0.25, 0.3) is 0 Å². The molecular weight excluding hydrogens is 170 g/mol. The highest BCUT2D eigenvalue weighted by Crippen LogP contribution is 2.02. The molecule has 0 radical (unpaired) electrons. The van der Waals surface area contributed by atoms with Crippen LogP contribution in [0.3, 0.4) is 0 Å². The molecule has 0 heterocycles. The Morgan fingerprint density at radius 1 is 1.40 bits per heavy atom. The molecule has 0 aliphatic heterocycles. The lowest BCUT2D eigenvalue weighted by Crippen LogP contribution is -2.26. The molecular formula is C3H6F2O4S. The monoisotopic (exact) mass is 176 g/mol. The molecule has 0 aliphatic carbocycles. The van der Waals surface area contributed by atoms with Gasteiger partial charge in [0.1, 0.15) is 11.9 Å². The second kappa shape index (κ2) is 3.22. The number of aliphatic hydroxyl groups excluding tert-OH is 1. The van der Waals surface area contributed by atoms with Gasteiger partial charge in [0.2, 0.25) is 0 Å². The lowest BCUT2D eigenvalue weighted by Gasteiger charge is -2.04. The minimum absolute atomic E-state index is 1.33. The third-order valence-electron chi connectivity index (χ3n) is 0.672. The summed E-state index contributed by atoms with van der Waals surface area (Å²) in [5, 5.41) is 8.17. The van der Waals surface area contributed by atoms with Crippen LogP contribution in [0.2, 0.25) is 0 Å². The van der Waals surface area contributed by atoms with Gasteiger partial charge in [-0.25, -0.2) is 8.78 Å². The maximum absolute atomic E-state index is 11.3. The number of rotatable bonds is 3. The third-order valence-corrected chi connectivity index (χ3v) is 1.43. The van der Waals surface area contributed by atoms with E-state index >= 15 is 0 Å². The van der Waals surface area contributed by atoms with E-state index in [-0.39, 0.29) is 0 Å². The predicted molar refractivity (Wildman–Crippen MR) is 28.4 cm³/mol. The number of aliphatic hydroxyl groups is 1. The van der Waals surface area contributed by atoms with Crippen molar-refractivity contribution in [2.75, 3.05) is 5.75 Å². The average molecular weight is 176 g/mol. The molecule has 0 aromatic rings.